The van der Waals surface area contributed by atoms with E-state index in [-0.39, 0.29) is 0 Å². The zero-order valence-electron chi connectivity index (χ0n) is 13.2. The maximum absolute atomic E-state index is 6.04. The van der Waals surface area contributed by atoms with Crippen LogP contribution in [0.15, 0.2) is 71.3 Å². The molecule has 4 aromatic rings. The topological polar surface area (TPSA) is 26.0 Å². The van der Waals surface area contributed by atoms with Crippen molar-refractivity contribution in [3.63, 3.8) is 0 Å². The number of aryl methyl sites for hydroxylation is 2. The highest BCUT2D eigenvalue weighted by atomic mass is 16.3. The van der Waals surface area contributed by atoms with Crippen LogP contribution in [0.25, 0.3) is 33.6 Å². The third kappa shape index (κ3) is 2.42. The van der Waals surface area contributed by atoms with Crippen LogP contribution >= 0.6 is 0 Å². The number of aromatic nitrogens is 1. The Morgan fingerprint density at radius 2 is 1.57 bits per heavy atom. The van der Waals surface area contributed by atoms with Gasteiger partial charge in [0, 0.05) is 16.5 Å². The van der Waals surface area contributed by atoms with Gasteiger partial charge in [-0.2, -0.15) is 0 Å². The molecule has 0 unspecified atom stereocenters. The molecule has 2 nitrogen and oxygen atoms in total. The molecule has 0 amide bonds. The van der Waals surface area contributed by atoms with E-state index in [9.17, 15) is 0 Å². The summed E-state index contributed by atoms with van der Waals surface area (Å²) in [6, 6.07) is 20.7. The van der Waals surface area contributed by atoms with E-state index in [2.05, 4.69) is 61.3 Å². The van der Waals surface area contributed by atoms with Crippen LogP contribution in [-0.2, 0) is 0 Å². The van der Waals surface area contributed by atoms with Gasteiger partial charge in [-0.05, 0) is 37.1 Å². The summed E-state index contributed by atoms with van der Waals surface area (Å²) in [6.45, 7) is 4.23. The molecule has 2 heteroatoms. The number of fused-ring (bicyclic) bond motifs is 1. The maximum atomic E-state index is 6.04. The van der Waals surface area contributed by atoms with E-state index in [1.807, 2.05) is 24.4 Å². The van der Waals surface area contributed by atoms with Crippen molar-refractivity contribution in [3.05, 3.63) is 78.0 Å². The van der Waals surface area contributed by atoms with E-state index < -0.39 is 0 Å². The van der Waals surface area contributed by atoms with Crippen molar-refractivity contribution in [2.24, 2.45) is 0 Å². The lowest BCUT2D eigenvalue weighted by Gasteiger charge is -2.05. The Morgan fingerprint density at radius 3 is 2.30 bits per heavy atom. The van der Waals surface area contributed by atoms with Crippen molar-refractivity contribution >= 4 is 11.0 Å². The molecule has 0 fully saturated rings. The molecule has 0 radical (unpaired) electrons. The third-order valence-corrected chi connectivity index (χ3v) is 4.20. The minimum absolute atomic E-state index is 0.822. The fraction of sp³-hybridized carbons (Fsp3) is 0.0952. The molecule has 0 aliphatic rings. The van der Waals surface area contributed by atoms with E-state index in [0.29, 0.717) is 0 Å². The van der Waals surface area contributed by atoms with Crippen LogP contribution in [0, 0.1) is 13.8 Å². The second kappa shape index (κ2) is 5.40. The van der Waals surface area contributed by atoms with Gasteiger partial charge in [0.05, 0.1) is 11.9 Å². The first-order valence-electron chi connectivity index (χ1n) is 7.74. The molecule has 0 saturated carbocycles. The second-order valence-electron chi connectivity index (χ2n) is 5.85. The van der Waals surface area contributed by atoms with Crippen molar-refractivity contribution in [1.29, 1.82) is 0 Å². The summed E-state index contributed by atoms with van der Waals surface area (Å²) in [5.41, 5.74) is 6.52. The first-order valence-corrected chi connectivity index (χ1v) is 7.74. The first-order chi connectivity index (χ1) is 11.2. The SMILES string of the molecule is Cc1cccc(C)c1-c1cc2cc(-c3ccccc3)ncc2o1. The molecule has 4 rings (SSSR count). The average Bonchev–Trinajstić information content (AvgIpc) is 2.98. The van der Waals surface area contributed by atoms with Crippen LogP contribution in [0.4, 0.5) is 0 Å². The van der Waals surface area contributed by atoms with Gasteiger partial charge in [0.15, 0.2) is 5.58 Å². The molecule has 0 spiro atoms. The molecular formula is C21H17NO. The van der Waals surface area contributed by atoms with E-state index in [1.54, 1.807) is 0 Å². The van der Waals surface area contributed by atoms with Gasteiger partial charge in [-0.15, -0.1) is 0 Å². The Bertz CT molecular complexity index is 963. The Balaban J connectivity index is 1.86. The van der Waals surface area contributed by atoms with Crippen molar-refractivity contribution in [1.82, 2.24) is 4.98 Å². The number of pyridine rings is 1. The number of rotatable bonds is 2. The van der Waals surface area contributed by atoms with Gasteiger partial charge >= 0.3 is 0 Å². The van der Waals surface area contributed by atoms with E-state index in [4.69, 9.17) is 4.42 Å². The summed E-state index contributed by atoms with van der Waals surface area (Å²) in [7, 11) is 0. The standard InChI is InChI=1S/C21H17NO/c1-14-7-6-8-15(2)21(14)19-12-17-11-18(22-13-20(17)23-19)16-9-4-3-5-10-16/h3-13H,1-2H3. The lowest BCUT2D eigenvalue weighted by Crippen LogP contribution is -1.85. The molecule has 2 aromatic heterocycles. The molecule has 0 aliphatic carbocycles. The lowest BCUT2D eigenvalue weighted by atomic mass is 10.0. The second-order valence-corrected chi connectivity index (χ2v) is 5.85. The van der Waals surface area contributed by atoms with Crippen molar-refractivity contribution in [2.75, 3.05) is 0 Å². The molecule has 112 valence electrons. The molecule has 2 aromatic carbocycles. The minimum Gasteiger partial charge on any atom is -0.454 e. The lowest BCUT2D eigenvalue weighted by molar-refractivity contribution is 0.629. The van der Waals surface area contributed by atoms with Gasteiger partial charge < -0.3 is 4.42 Å². The molecule has 0 saturated heterocycles. The third-order valence-electron chi connectivity index (χ3n) is 4.20. The number of hydrogen-bond acceptors (Lipinski definition) is 2. The highest BCUT2D eigenvalue weighted by Crippen LogP contribution is 2.33. The van der Waals surface area contributed by atoms with Crippen LogP contribution in [0.1, 0.15) is 11.1 Å². The van der Waals surface area contributed by atoms with Gasteiger partial charge in [-0.25, -0.2) is 0 Å². The Labute approximate surface area is 135 Å². The maximum Gasteiger partial charge on any atom is 0.153 e. The fourth-order valence-corrected chi connectivity index (χ4v) is 3.04. The van der Waals surface area contributed by atoms with Crippen LogP contribution < -0.4 is 0 Å². The quantitative estimate of drug-likeness (QED) is 0.469. The molecule has 0 aliphatic heterocycles. The average molecular weight is 299 g/mol. The summed E-state index contributed by atoms with van der Waals surface area (Å²) in [6.07, 6.45) is 1.81. The zero-order valence-corrected chi connectivity index (χ0v) is 13.2. The molecule has 0 N–H and O–H groups in total. The Kier molecular flexibility index (Phi) is 3.23. The van der Waals surface area contributed by atoms with Gasteiger partial charge in [0.1, 0.15) is 5.76 Å². The van der Waals surface area contributed by atoms with Crippen molar-refractivity contribution in [3.8, 4) is 22.6 Å². The van der Waals surface area contributed by atoms with Crippen LogP contribution in [0.3, 0.4) is 0 Å². The molecular weight excluding hydrogens is 282 g/mol. The predicted molar refractivity (Wildman–Crippen MR) is 94.4 cm³/mol. The summed E-state index contributed by atoms with van der Waals surface area (Å²) in [4.78, 5) is 4.54. The monoisotopic (exact) mass is 299 g/mol. The zero-order chi connectivity index (χ0) is 15.8. The molecule has 23 heavy (non-hydrogen) atoms. The Hall–Kier alpha value is -2.87. The van der Waals surface area contributed by atoms with E-state index >= 15 is 0 Å². The predicted octanol–water partition coefficient (Wildman–Crippen LogP) is 5.78. The fourth-order valence-electron chi connectivity index (χ4n) is 3.04. The Morgan fingerprint density at radius 1 is 0.826 bits per heavy atom. The van der Waals surface area contributed by atoms with Crippen molar-refractivity contribution < 1.29 is 4.42 Å². The smallest absolute Gasteiger partial charge is 0.153 e. The molecule has 0 atom stereocenters. The van der Waals surface area contributed by atoms with Gasteiger partial charge in [0.25, 0.3) is 0 Å². The summed E-state index contributed by atoms with van der Waals surface area (Å²) in [5, 5.41) is 1.08. The first kappa shape index (κ1) is 13.8. The van der Waals surface area contributed by atoms with Crippen molar-refractivity contribution in [2.45, 2.75) is 13.8 Å². The summed E-state index contributed by atoms with van der Waals surface area (Å²) in [5.74, 6) is 0.905. The van der Waals surface area contributed by atoms with Crippen LogP contribution in [0.2, 0.25) is 0 Å². The van der Waals surface area contributed by atoms with E-state index in [0.717, 1.165) is 28.0 Å². The van der Waals surface area contributed by atoms with E-state index in [1.165, 1.54) is 16.7 Å². The summed E-state index contributed by atoms with van der Waals surface area (Å²) >= 11 is 0. The number of benzene rings is 2. The van der Waals surface area contributed by atoms with Crippen LogP contribution in [-0.4, -0.2) is 4.98 Å². The molecule has 0 bridgehead atoms. The van der Waals surface area contributed by atoms with Crippen LogP contribution in [0.5, 0.6) is 0 Å². The van der Waals surface area contributed by atoms with Gasteiger partial charge in [-0.3, -0.25) is 4.98 Å². The number of nitrogens with zero attached hydrogens (tertiary/aromatic N) is 1. The number of furan rings is 1. The van der Waals surface area contributed by atoms with Gasteiger partial charge in [-0.1, -0.05) is 48.5 Å². The number of hydrogen-bond donors (Lipinski definition) is 0. The minimum atomic E-state index is 0.822. The normalized spacial score (nSPS) is 11.0. The largest absolute Gasteiger partial charge is 0.454 e. The summed E-state index contributed by atoms with van der Waals surface area (Å²) < 4.78 is 6.04. The van der Waals surface area contributed by atoms with Gasteiger partial charge in [0.2, 0.25) is 0 Å². The molecule has 2 heterocycles. The highest BCUT2D eigenvalue weighted by Gasteiger charge is 2.12. The highest BCUT2D eigenvalue weighted by molar-refractivity contribution is 5.86.